The van der Waals surface area contributed by atoms with Crippen LogP contribution < -0.4 is 9.62 Å². The molecule has 0 unspecified atom stereocenters. The lowest BCUT2D eigenvalue weighted by atomic mass is 10.1. The number of amides is 1. The van der Waals surface area contributed by atoms with Crippen LogP contribution in [0.3, 0.4) is 0 Å². The van der Waals surface area contributed by atoms with Crippen LogP contribution in [0.5, 0.6) is 0 Å². The van der Waals surface area contributed by atoms with E-state index in [9.17, 15) is 13.2 Å². The molecule has 1 atom stereocenters. The summed E-state index contributed by atoms with van der Waals surface area (Å²) in [5.74, 6) is -0.380. The van der Waals surface area contributed by atoms with Crippen molar-refractivity contribution in [2.75, 3.05) is 10.6 Å². The van der Waals surface area contributed by atoms with Crippen LogP contribution >= 0.6 is 23.2 Å². The second-order valence-electron chi connectivity index (χ2n) is 6.28. The lowest BCUT2D eigenvalue weighted by Gasteiger charge is -2.30. The molecule has 8 heteroatoms. The zero-order valence-corrected chi connectivity index (χ0v) is 17.7. The van der Waals surface area contributed by atoms with Gasteiger partial charge in [-0.2, -0.15) is 0 Å². The van der Waals surface area contributed by atoms with Crippen LogP contribution in [0.25, 0.3) is 0 Å². The minimum absolute atomic E-state index is 0.220. The maximum absolute atomic E-state index is 12.8. The van der Waals surface area contributed by atoms with Crippen LogP contribution in [-0.4, -0.2) is 26.6 Å². The number of carbonyl (C=O) groups is 1. The second kappa shape index (κ2) is 8.95. The molecule has 0 spiro atoms. The minimum Gasteiger partial charge on any atom is -0.350 e. The van der Waals surface area contributed by atoms with E-state index in [1.165, 1.54) is 18.2 Å². The lowest BCUT2D eigenvalue weighted by molar-refractivity contribution is -0.122. The Kier molecular flexibility index (Phi) is 7.14. The molecule has 2 aromatic carbocycles. The summed E-state index contributed by atoms with van der Waals surface area (Å²) in [6, 6.07) is 11.3. The molecule has 27 heavy (non-hydrogen) atoms. The molecule has 2 rings (SSSR count). The van der Waals surface area contributed by atoms with E-state index in [-0.39, 0.29) is 10.9 Å². The normalized spacial score (nSPS) is 12.5. The quantitative estimate of drug-likeness (QED) is 0.719. The van der Waals surface area contributed by atoms with Crippen LogP contribution in [0.4, 0.5) is 5.69 Å². The van der Waals surface area contributed by atoms with Gasteiger partial charge in [-0.3, -0.25) is 9.10 Å². The van der Waals surface area contributed by atoms with Crippen LogP contribution in [-0.2, 0) is 21.4 Å². The zero-order chi connectivity index (χ0) is 20.2. The Morgan fingerprint density at radius 2 is 1.74 bits per heavy atom. The maximum atomic E-state index is 12.8. The molecular formula is C19H22Cl2N2O3S. The van der Waals surface area contributed by atoms with Crippen molar-refractivity contribution < 1.29 is 13.2 Å². The fourth-order valence-electron chi connectivity index (χ4n) is 2.70. The first-order chi connectivity index (χ1) is 12.6. The van der Waals surface area contributed by atoms with Gasteiger partial charge in [-0.1, -0.05) is 60.0 Å². The first-order valence-electron chi connectivity index (χ1n) is 8.41. The van der Waals surface area contributed by atoms with Gasteiger partial charge in [-0.25, -0.2) is 8.42 Å². The highest BCUT2D eigenvalue weighted by molar-refractivity contribution is 7.92. The molecule has 2 aromatic rings. The molecule has 0 radical (unpaired) electrons. The highest BCUT2D eigenvalue weighted by Gasteiger charge is 2.31. The lowest BCUT2D eigenvalue weighted by Crippen LogP contribution is -2.49. The largest absolute Gasteiger partial charge is 0.350 e. The Morgan fingerprint density at radius 3 is 2.26 bits per heavy atom. The zero-order valence-electron chi connectivity index (χ0n) is 15.4. The highest BCUT2D eigenvalue weighted by Crippen LogP contribution is 2.30. The fraction of sp³-hybridized carbons (Fsp3) is 0.316. The number of anilines is 1. The Hall–Kier alpha value is -1.76. The van der Waals surface area contributed by atoms with Gasteiger partial charge >= 0.3 is 0 Å². The van der Waals surface area contributed by atoms with Gasteiger partial charge in [0.15, 0.2) is 0 Å². The van der Waals surface area contributed by atoms with Gasteiger partial charge in [0.1, 0.15) is 6.04 Å². The highest BCUT2D eigenvalue weighted by atomic mass is 35.5. The molecule has 0 fully saturated rings. The van der Waals surface area contributed by atoms with E-state index in [2.05, 4.69) is 5.32 Å². The Bertz CT molecular complexity index is 915. The van der Waals surface area contributed by atoms with Gasteiger partial charge in [-0.05, 0) is 37.1 Å². The number of sulfonamides is 1. The van der Waals surface area contributed by atoms with Crippen molar-refractivity contribution in [3.63, 3.8) is 0 Å². The van der Waals surface area contributed by atoms with Crippen LogP contribution in [0.15, 0.2) is 42.5 Å². The second-order valence-corrected chi connectivity index (χ2v) is 8.96. The molecule has 1 amide bonds. The molecule has 146 valence electrons. The van der Waals surface area contributed by atoms with Crippen molar-refractivity contribution >= 4 is 44.8 Å². The number of halogens is 2. The van der Waals surface area contributed by atoms with Crippen LogP contribution in [0.2, 0.25) is 10.0 Å². The monoisotopic (exact) mass is 428 g/mol. The molecule has 0 aromatic heterocycles. The van der Waals surface area contributed by atoms with Crippen molar-refractivity contribution in [1.29, 1.82) is 0 Å². The summed E-state index contributed by atoms with van der Waals surface area (Å²) in [7, 11) is -3.72. The third kappa shape index (κ3) is 5.61. The average molecular weight is 429 g/mol. The summed E-state index contributed by atoms with van der Waals surface area (Å²) in [5, 5.41) is 3.34. The third-order valence-corrected chi connectivity index (χ3v) is 5.99. The van der Waals surface area contributed by atoms with Gasteiger partial charge in [0, 0.05) is 6.54 Å². The van der Waals surface area contributed by atoms with Crippen molar-refractivity contribution in [3.8, 4) is 0 Å². The number of rotatable bonds is 7. The van der Waals surface area contributed by atoms with Crippen molar-refractivity contribution in [3.05, 3.63) is 63.6 Å². The predicted molar refractivity (Wildman–Crippen MR) is 111 cm³/mol. The van der Waals surface area contributed by atoms with E-state index >= 15 is 0 Å². The smallest absolute Gasteiger partial charge is 0.244 e. The number of nitrogens with one attached hydrogen (secondary N) is 1. The molecule has 0 saturated heterocycles. The minimum atomic E-state index is -3.72. The average Bonchev–Trinajstić information content (AvgIpc) is 2.60. The summed E-state index contributed by atoms with van der Waals surface area (Å²) in [4.78, 5) is 12.8. The number of hydrogen-bond donors (Lipinski definition) is 1. The van der Waals surface area contributed by atoms with Gasteiger partial charge in [0.25, 0.3) is 0 Å². The molecule has 1 N–H and O–H groups in total. The predicted octanol–water partition coefficient (Wildman–Crippen LogP) is 4.16. The number of nitrogens with zero attached hydrogens (tertiary/aromatic N) is 1. The van der Waals surface area contributed by atoms with Crippen LogP contribution in [0, 0.1) is 6.92 Å². The fourth-order valence-corrected chi connectivity index (χ4v) is 4.19. The van der Waals surface area contributed by atoms with Gasteiger partial charge < -0.3 is 5.32 Å². The van der Waals surface area contributed by atoms with Gasteiger partial charge in [-0.15, -0.1) is 0 Å². The third-order valence-electron chi connectivity index (χ3n) is 4.07. The summed E-state index contributed by atoms with van der Waals surface area (Å²) in [6.07, 6.45) is 1.36. The van der Waals surface area contributed by atoms with Crippen LogP contribution in [0.1, 0.15) is 24.5 Å². The number of hydrogen-bond acceptors (Lipinski definition) is 3. The van der Waals surface area contributed by atoms with E-state index < -0.39 is 16.1 Å². The number of benzene rings is 2. The van der Waals surface area contributed by atoms with E-state index in [4.69, 9.17) is 23.2 Å². The maximum Gasteiger partial charge on any atom is 0.244 e. The molecule has 5 nitrogen and oxygen atoms in total. The molecule has 0 aliphatic rings. The molecular weight excluding hydrogens is 407 g/mol. The standard InChI is InChI=1S/C19H22Cl2N2O3S/c1-4-18(19(24)22-12-14-7-5-13(2)6-8-14)23(27(3,25)26)15-9-10-16(20)17(21)11-15/h5-11,18H,4,12H2,1-3H3,(H,22,24)/t18-/m1/s1. The van der Waals surface area contributed by atoms with E-state index in [1.54, 1.807) is 6.92 Å². The van der Waals surface area contributed by atoms with E-state index in [1.807, 2.05) is 31.2 Å². The molecule has 0 heterocycles. The molecule has 0 bridgehead atoms. The summed E-state index contributed by atoms with van der Waals surface area (Å²) >= 11 is 12.0. The first kappa shape index (κ1) is 21.5. The Labute approximate surface area is 170 Å². The summed E-state index contributed by atoms with van der Waals surface area (Å²) in [6.45, 7) is 4.05. The molecule has 0 aliphatic carbocycles. The summed E-state index contributed by atoms with van der Waals surface area (Å²) in [5.41, 5.74) is 2.35. The SMILES string of the molecule is CC[C@H](C(=O)NCc1ccc(C)cc1)N(c1ccc(Cl)c(Cl)c1)S(C)(=O)=O. The summed E-state index contributed by atoms with van der Waals surface area (Å²) < 4.78 is 25.9. The van der Waals surface area contributed by atoms with Crippen molar-refractivity contribution in [2.24, 2.45) is 0 Å². The Balaban J connectivity index is 2.27. The number of aryl methyl sites for hydroxylation is 1. The first-order valence-corrected chi connectivity index (χ1v) is 11.0. The van der Waals surface area contributed by atoms with Crippen molar-refractivity contribution in [2.45, 2.75) is 32.9 Å². The van der Waals surface area contributed by atoms with Gasteiger partial charge in [0.05, 0.1) is 22.0 Å². The van der Waals surface area contributed by atoms with E-state index in [0.717, 1.165) is 21.7 Å². The van der Waals surface area contributed by atoms with Crippen molar-refractivity contribution in [1.82, 2.24) is 5.32 Å². The Morgan fingerprint density at radius 1 is 1.11 bits per heavy atom. The molecule has 0 aliphatic heterocycles. The topological polar surface area (TPSA) is 66.5 Å². The molecule has 0 saturated carbocycles. The number of carbonyl (C=O) groups excluding carboxylic acids is 1. The van der Waals surface area contributed by atoms with Gasteiger partial charge in [0.2, 0.25) is 15.9 Å². The van der Waals surface area contributed by atoms with E-state index in [0.29, 0.717) is 23.7 Å².